The molecule has 1 aliphatic rings. The predicted molar refractivity (Wildman–Crippen MR) is 81.0 cm³/mol. The lowest BCUT2D eigenvalue weighted by Crippen LogP contribution is -2.20. The number of hydrogen-bond donors (Lipinski definition) is 0. The van der Waals surface area contributed by atoms with Crippen molar-refractivity contribution in [2.24, 2.45) is 4.99 Å². The molecule has 0 bridgehead atoms. The minimum Gasteiger partial charge on any atom is -0.361 e. The van der Waals surface area contributed by atoms with Crippen molar-refractivity contribution in [3.05, 3.63) is 41.6 Å². The van der Waals surface area contributed by atoms with Crippen LogP contribution in [0.2, 0.25) is 0 Å². The summed E-state index contributed by atoms with van der Waals surface area (Å²) in [6.45, 7) is 9.37. The maximum Gasteiger partial charge on any atom is 0.0905 e. The molecule has 2 heteroatoms. The number of likely N-dealkylation sites (N-methyl/N-ethyl adjacent to an activating group) is 1. The van der Waals surface area contributed by atoms with Crippen molar-refractivity contribution >= 4 is 11.9 Å². The Hall–Kier alpha value is -1.57. The molecule has 0 aliphatic carbocycles. The van der Waals surface area contributed by atoms with Gasteiger partial charge in [-0.3, -0.25) is 0 Å². The topological polar surface area (TPSA) is 15.6 Å². The molecule has 18 heavy (non-hydrogen) atoms. The Morgan fingerprint density at radius 2 is 1.72 bits per heavy atom. The summed E-state index contributed by atoms with van der Waals surface area (Å²) in [6, 6.07) is 8.80. The van der Waals surface area contributed by atoms with Gasteiger partial charge in [-0.15, -0.1) is 0 Å². The second kappa shape index (κ2) is 7.00. The molecule has 0 N–H and O–H groups in total. The fourth-order valence-electron chi connectivity index (χ4n) is 1.84. The molecule has 2 nitrogen and oxygen atoms in total. The minimum atomic E-state index is 0.593. The van der Waals surface area contributed by atoms with Gasteiger partial charge in [0.05, 0.1) is 6.34 Å². The second-order valence-electron chi connectivity index (χ2n) is 4.61. The molecule has 0 spiro atoms. The molecule has 0 unspecified atom stereocenters. The molecule has 0 amide bonds. The van der Waals surface area contributed by atoms with Crippen molar-refractivity contribution in [2.45, 2.75) is 33.6 Å². The van der Waals surface area contributed by atoms with Crippen LogP contribution in [0.1, 0.15) is 44.7 Å². The molecule has 2 rings (SSSR count). The van der Waals surface area contributed by atoms with E-state index in [9.17, 15) is 0 Å². The van der Waals surface area contributed by atoms with Crippen molar-refractivity contribution in [1.29, 1.82) is 0 Å². The number of nitrogens with zero attached hydrogens (tertiary/aromatic N) is 2. The molecule has 0 atom stereocenters. The van der Waals surface area contributed by atoms with Gasteiger partial charge in [-0.25, -0.2) is 4.99 Å². The fourth-order valence-corrected chi connectivity index (χ4v) is 1.84. The van der Waals surface area contributed by atoms with Gasteiger partial charge in [0.1, 0.15) is 0 Å². The predicted octanol–water partition coefficient (Wildman–Crippen LogP) is 4.15. The molecule has 0 aromatic heterocycles. The van der Waals surface area contributed by atoms with Crippen molar-refractivity contribution in [3.63, 3.8) is 0 Å². The highest BCUT2D eigenvalue weighted by molar-refractivity contribution is 5.73. The first-order chi connectivity index (χ1) is 8.66. The van der Waals surface area contributed by atoms with E-state index in [1.165, 1.54) is 16.7 Å². The van der Waals surface area contributed by atoms with Gasteiger partial charge >= 0.3 is 0 Å². The van der Waals surface area contributed by atoms with E-state index in [0.717, 1.165) is 6.54 Å². The Kier molecular flexibility index (Phi) is 5.63. The van der Waals surface area contributed by atoms with Crippen LogP contribution in [0.25, 0.3) is 5.57 Å². The fraction of sp³-hybridized carbons (Fsp3) is 0.438. The van der Waals surface area contributed by atoms with Crippen LogP contribution in [-0.2, 0) is 0 Å². The van der Waals surface area contributed by atoms with Crippen LogP contribution in [-0.4, -0.2) is 24.8 Å². The van der Waals surface area contributed by atoms with Gasteiger partial charge in [0.25, 0.3) is 0 Å². The smallest absolute Gasteiger partial charge is 0.0905 e. The van der Waals surface area contributed by atoms with Crippen LogP contribution in [0.3, 0.4) is 0 Å². The lowest BCUT2D eigenvalue weighted by Gasteiger charge is -2.19. The third-order valence-corrected chi connectivity index (χ3v) is 2.86. The third-order valence-electron chi connectivity index (χ3n) is 2.86. The largest absolute Gasteiger partial charge is 0.361 e. The second-order valence-corrected chi connectivity index (χ2v) is 4.61. The van der Waals surface area contributed by atoms with Gasteiger partial charge in [-0.05, 0) is 22.6 Å². The summed E-state index contributed by atoms with van der Waals surface area (Å²) >= 11 is 0. The Bertz CT molecular complexity index is 413. The lowest BCUT2D eigenvalue weighted by molar-refractivity contribution is 0.583. The Labute approximate surface area is 111 Å². The van der Waals surface area contributed by atoms with Crippen LogP contribution in [0, 0.1) is 0 Å². The highest BCUT2D eigenvalue weighted by Crippen LogP contribution is 2.21. The van der Waals surface area contributed by atoms with Crippen molar-refractivity contribution in [1.82, 2.24) is 4.90 Å². The molecule has 1 aliphatic heterocycles. The average molecular weight is 244 g/mol. The molecule has 0 fully saturated rings. The van der Waals surface area contributed by atoms with Crippen molar-refractivity contribution < 1.29 is 0 Å². The Morgan fingerprint density at radius 1 is 1.11 bits per heavy atom. The maximum absolute atomic E-state index is 4.21. The first kappa shape index (κ1) is 14.5. The van der Waals surface area contributed by atoms with Gasteiger partial charge in [0.2, 0.25) is 0 Å². The zero-order valence-corrected chi connectivity index (χ0v) is 12.1. The van der Waals surface area contributed by atoms with E-state index in [-0.39, 0.29) is 0 Å². The van der Waals surface area contributed by atoms with Crippen molar-refractivity contribution in [3.8, 4) is 0 Å². The number of rotatable bonds is 2. The van der Waals surface area contributed by atoms with E-state index < -0.39 is 0 Å². The van der Waals surface area contributed by atoms with E-state index in [2.05, 4.69) is 48.0 Å². The average Bonchev–Trinajstić information content (AvgIpc) is 2.41. The molecular weight excluding hydrogens is 220 g/mol. The Morgan fingerprint density at radius 3 is 2.22 bits per heavy atom. The first-order valence-electron chi connectivity index (χ1n) is 6.70. The first-order valence-corrected chi connectivity index (χ1v) is 6.70. The molecule has 0 radical (unpaired) electrons. The van der Waals surface area contributed by atoms with Crippen molar-refractivity contribution in [2.75, 3.05) is 13.6 Å². The van der Waals surface area contributed by atoms with Gasteiger partial charge < -0.3 is 4.90 Å². The summed E-state index contributed by atoms with van der Waals surface area (Å²) in [5, 5.41) is 0. The standard InChI is InChI=1S/C14H18N2.C2H6/c1-11(2)12-4-6-13(7-5-12)14-8-15-10-16(3)9-14;1-2/h4-8,10-11H,9H2,1-3H3;1-2H3. The number of benzene rings is 1. The van der Waals surface area contributed by atoms with Gasteiger partial charge in [0.15, 0.2) is 0 Å². The van der Waals surface area contributed by atoms with E-state index in [4.69, 9.17) is 0 Å². The van der Waals surface area contributed by atoms with Gasteiger partial charge in [-0.1, -0.05) is 52.0 Å². The van der Waals surface area contributed by atoms with Crippen LogP contribution >= 0.6 is 0 Å². The zero-order valence-electron chi connectivity index (χ0n) is 12.1. The van der Waals surface area contributed by atoms with Crippen LogP contribution in [0.5, 0.6) is 0 Å². The van der Waals surface area contributed by atoms with E-state index in [1.807, 2.05) is 33.4 Å². The summed E-state index contributed by atoms with van der Waals surface area (Å²) in [5.41, 5.74) is 3.94. The maximum atomic E-state index is 4.21. The lowest BCUT2D eigenvalue weighted by atomic mass is 9.99. The summed E-state index contributed by atoms with van der Waals surface area (Å²) in [6.07, 6.45) is 3.80. The normalized spacial score (nSPS) is 14.1. The summed E-state index contributed by atoms with van der Waals surface area (Å²) < 4.78 is 0. The molecule has 0 saturated carbocycles. The minimum absolute atomic E-state index is 0.593. The van der Waals surface area contributed by atoms with E-state index in [0.29, 0.717) is 5.92 Å². The molecular formula is C16H24N2. The summed E-state index contributed by atoms with van der Waals surface area (Å²) in [4.78, 5) is 6.30. The molecule has 1 aromatic rings. The molecule has 0 saturated heterocycles. The highest BCUT2D eigenvalue weighted by Gasteiger charge is 2.07. The van der Waals surface area contributed by atoms with E-state index in [1.54, 1.807) is 0 Å². The van der Waals surface area contributed by atoms with Crippen LogP contribution in [0.15, 0.2) is 35.5 Å². The molecule has 98 valence electrons. The molecule has 1 aromatic carbocycles. The zero-order chi connectivity index (χ0) is 13.5. The third kappa shape index (κ3) is 3.73. The number of hydrogen-bond acceptors (Lipinski definition) is 2. The SMILES string of the molecule is CC.CC(C)c1ccc(C2=CN=CN(C)C2)cc1. The summed E-state index contributed by atoms with van der Waals surface area (Å²) in [5.74, 6) is 0.593. The Balaban J connectivity index is 0.000000771. The summed E-state index contributed by atoms with van der Waals surface area (Å²) in [7, 11) is 2.04. The van der Waals surface area contributed by atoms with E-state index >= 15 is 0 Å². The number of aliphatic imine (C=N–C) groups is 1. The highest BCUT2D eigenvalue weighted by atomic mass is 15.1. The quantitative estimate of drug-likeness (QED) is 0.763. The monoisotopic (exact) mass is 244 g/mol. The van der Waals surface area contributed by atoms with Gasteiger partial charge in [0, 0.05) is 19.8 Å². The molecule has 1 heterocycles. The van der Waals surface area contributed by atoms with Crippen LogP contribution in [0.4, 0.5) is 0 Å². The van der Waals surface area contributed by atoms with Gasteiger partial charge in [-0.2, -0.15) is 0 Å². The van der Waals surface area contributed by atoms with Crippen LogP contribution < -0.4 is 0 Å².